The van der Waals surface area contributed by atoms with Gasteiger partial charge >= 0.3 is 7.69 Å². The fraction of sp³-hybridized carbons (Fsp3) is 1.00. The Morgan fingerprint density at radius 1 is 2.00 bits per heavy atom. The molecule has 0 aliphatic heterocycles. The maximum absolute atomic E-state index is 7.79. The van der Waals surface area contributed by atoms with Crippen molar-refractivity contribution in [2.45, 2.75) is 6.92 Å². The van der Waals surface area contributed by atoms with Crippen LogP contribution in [0.5, 0.6) is 0 Å². The van der Waals surface area contributed by atoms with Gasteiger partial charge < -0.3 is 9.78 Å². The van der Waals surface area contributed by atoms with Gasteiger partial charge in [-0.2, -0.15) is 0 Å². The van der Waals surface area contributed by atoms with E-state index in [1.54, 1.807) is 0 Å². The third-order valence-corrected chi connectivity index (χ3v) is 0.280. The zero-order chi connectivity index (χ0) is 4.83. The van der Waals surface area contributed by atoms with Gasteiger partial charge in [0.1, 0.15) is 0 Å². The average Bonchev–Trinajstić information content (AvgIpc) is 1.61. The molecule has 6 heavy (non-hydrogen) atoms. The predicted molar refractivity (Wildman–Crippen MR) is 22.7 cm³/mol. The largest absolute Gasteiger partial charge is 0.503 e. The number of nitrogens with one attached hydrogen (secondary N) is 1. The van der Waals surface area contributed by atoms with Crippen molar-refractivity contribution in [3.63, 3.8) is 0 Å². The summed E-state index contributed by atoms with van der Waals surface area (Å²) >= 11 is 0. The minimum absolute atomic E-state index is 0.601. The third-order valence-electron chi connectivity index (χ3n) is 0.280. The van der Waals surface area contributed by atoms with E-state index in [0.29, 0.717) is 14.2 Å². The molecule has 0 spiro atoms. The molecule has 0 fully saturated rings. The van der Waals surface area contributed by atoms with Crippen LogP contribution in [-0.2, 0) is 4.76 Å². The summed E-state index contributed by atoms with van der Waals surface area (Å²) in [5.41, 5.74) is 2.39. The van der Waals surface area contributed by atoms with Crippen LogP contribution in [0.1, 0.15) is 6.92 Å². The SMILES string of the molecule is CCNO[B]O. The van der Waals surface area contributed by atoms with Crippen LogP contribution in [0.25, 0.3) is 0 Å². The molecule has 0 unspecified atom stereocenters. The third kappa shape index (κ3) is 3.94. The highest BCUT2D eigenvalue weighted by Crippen LogP contribution is 1.51. The Labute approximate surface area is 37.6 Å². The summed E-state index contributed by atoms with van der Waals surface area (Å²) in [6, 6.07) is 0. The lowest BCUT2D eigenvalue weighted by molar-refractivity contribution is 0.181. The fourth-order valence-corrected chi connectivity index (χ4v) is 0.121. The van der Waals surface area contributed by atoms with E-state index in [9.17, 15) is 0 Å². The van der Waals surface area contributed by atoms with Crippen LogP contribution in [0.2, 0.25) is 0 Å². The van der Waals surface area contributed by atoms with E-state index in [1.165, 1.54) is 0 Å². The van der Waals surface area contributed by atoms with Gasteiger partial charge in [-0.15, -0.1) is 0 Å². The molecular formula is C2H7BNO2. The molecule has 35 valence electrons. The molecule has 0 aromatic carbocycles. The van der Waals surface area contributed by atoms with Crippen molar-refractivity contribution in [2.24, 2.45) is 0 Å². The van der Waals surface area contributed by atoms with Crippen LogP contribution in [0.4, 0.5) is 0 Å². The van der Waals surface area contributed by atoms with E-state index >= 15 is 0 Å². The monoisotopic (exact) mass is 88.1 g/mol. The van der Waals surface area contributed by atoms with Gasteiger partial charge in [-0.3, -0.25) is 0 Å². The zero-order valence-electron chi connectivity index (χ0n) is 3.64. The van der Waals surface area contributed by atoms with Crippen LogP contribution in [0, 0.1) is 0 Å². The Hall–Kier alpha value is -0.0551. The van der Waals surface area contributed by atoms with Crippen molar-refractivity contribution < 1.29 is 9.78 Å². The van der Waals surface area contributed by atoms with Crippen molar-refractivity contribution >= 4 is 7.69 Å². The maximum Gasteiger partial charge on any atom is 0.503 e. The number of rotatable bonds is 3. The zero-order valence-corrected chi connectivity index (χ0v) is 3.64. The van der Waals surface area contributed by atoms with Crippen molar-refractivity contribution in [2.75, 3.05) is 6.54 Å². The highest BCUT2D eigenvalue weighted by atomic mass is 16.6. The van der Waals surface area contributed by atoms with Gasteiger partial charge in [0.2, 0.25) is 0 Å². The van der Waals surface area contributed by atoms with Gasteiger partial charge in [0.15, 0.2) is 0 Å². The van der Waals surface area contributed by atoms with E-state index in [0.717, 1.165) is 0 Å². The van der Waals surface area contributed by atoms with E-state index in [1.807, 2.05) is 6.92 Å². The molecule has 0 saturated carbocycles. The van der Waals surface area contributed by atoms with E-state index in [-0.39, 0.29) is 0 Å². The second kappa shape index (κ2) is 4.94. The lowest BCUT2D eigenvalue weighted by atomic mass is 10.4. The second-order valence-electron chi connectivity index (χ2n) is 0.721. The first-order chi connectivity index (χ1) is 2.91. The molecule has 0 rings (SSSR count). The van der Waals surface area contributed by atoms with Crippen molar-refractivity contribution in [1.29, 1.82) is 0 Å². The Bertz CT molecular complexity index is 23.5. The van der Waals surface area contributed by atoms with Crippen LogP contribution in [0.3, 0.4) is 0 Å². The number of hydroxylamine groups is 1. The first-order valence-electron chi connectivity index (χ1n) is 1.76. The van der Waals surface area contributed by atoms with Crippen LogP contribution < -0.4 is 5.48 Å². The molecule has 0 aliphatic rings. The molecule has 0 aromatic heterocycles. The Morgan fingerprint density at radius 3 is 2.83 bits per heavy atom. The fourth-order valence-electron chi connectivity index (χ4n) is 0.121. The van der Waals surface area contributed by atoms with Crippen LogP contribution >= 0.6 is 0 Å². The quantitative estimate of drug-likeness (QED) is 0.265. The molecule has 0 aliphatic carbocycles. The molecular weight excluding hydrogens is 80.8 g/mol. The van der Waals surface area contributed by atoms with Gasteiger partial charge in [0, 0.05) is 6.54 Å². The Kier molecular flexibility index (Phi) is 4.90. The Morgan fingerprint density at radius 2 is 2.67 bits per heavy atom. The number of hydrogen-bond acceptors (Lipinski definition) is 3. The summed E-state index contributed by atoms with van der Waals surface area (Å²) in [7, 11) is 0.601. The van der Waals surface area contributed by atoms with E-state index in [4.69, 9.17) is 5.02 Å². The van der Waals surface area contributed by atoms with Gasteiger partial charge in [-0.1, -0.05) is 6.92 Å². The lowest BCUT2D eigenvalue weighted by Gasteiger charge is -1.92. The molecule has 1 radical (unpaired) electrons. The Balaban J connectivity index is 2.34. The van der Waals surface area contributed by atoms with Crippen LogP contribution in [0.15, 0.2) is 0 Å². The van der Waals surface area contributed by atoms with Crippen molar-refractivity contribution in [3.8, 4) is 0 Å². The highest BCUT2D eigenvalue weighted by molar-refractivity contribution is 6.15. The van der Waals surface area contributed by atoms with Gasteiger partial charge in [-0.25, -0.2) is 5.48 Å². The first-order valence-corrected chi connectivity index (χ1v) is 1.76. The molecule has 0 bridgehead atoms. The summed E-state index contributed by atoms with van der Waals surface area (Å²) in [5, 5.41) is 7.79. The van der Waals surface area contributed by atoms with Crippen LogP contribution in [-0.4, -0.2) is 19.3 Å². The minimum atomic E-state index is 0.601. The first kappa shape index (κ1) is 5.94. The molecule has 3 nitrogen and oxygen atoms in total. The molecule has 0 amide bonds. The molecule has 4 heteroatoms. The standard InChI is InChI=1S/C2H7BNO2/c1-2-4-6-3-5/h4-5H,2H2,1H3. The van der Waals surface area contributed by atoms with E-state index < -0.39 is 0 Å². The topological polar surface area (TPSA) is 41.5 Å². The smallest absolute Gasteiger partial charge is 0.428 e. The van der Waals surface area contributed by atoms with Crippen molar-refractivity contribution in [1.82, 2.24) is 5.48 Å². The highest BCUT2D eigenvalue weighted by Gasteiger charge is 1.77. The lowest BCUT2D eigenvalue weighted by Crippen LogP contribution is -2.15. The summed E-state index contributed by atoms with van der Waals surface area (Å²) < 4.78 is 4.16. The maximum atomic E-state index is 7.79. The number of hydrogen-bond donors (Lipinski definition) is 2. The molecule has 0 saturated heterocycles. The summed E-state index contributed by atoms with van der Waals surface area (Å²) in [4.78, 5) is 0. The summed E-state index contributed by atoms with van der Waals surface area (Å²) in [6.07, 6.45) is 0. The summed E-state index contributed by atoms with van der Waals surface area (Å²) in [6.45, 7) is 2.56. The summed E-state index contributed by atoms with van der Waals surface area (Å²) in [5.74, 6) is 0. The normalized spacial score (nSPS) is 8.33. The van der Waals surface area contributed by atoms with Gasteiger partial charge in [0.05, 0.1) is 0 Å². The minimum Gasteiger partial charge on any atom is -0.428 e. The average molecular weight is 87.9 g/mol. The molecule has 0 aromatic rings. The second-order valence-corrected chi connectivity index (χ2v) is 0.721. The molecule has 0 atom stereocenters. The molecule has 2 N–H and O–H groups in total. The predicted octanol–water partition coefficient (Wildman–Crippen LogP) is -0.946. The van der Waals surface area contributed by atoms with Gasteiger partial charge in [0.25, 0.3) is 0 Å². The van der Waals surface area contributed by atoms with E-state index in [2.05, 4.69) is 10.2 Å². The molecule has 0 heterocycles. The van der Waals surface area contributed by atoms with Gasteiger partial charge in [-0.05, 0) is 0 Å². The van der Waals surface area contributed by atoms with Crippen molar-refractivity contribution in [3.05, 3.63) is 0 Å².